The first-order valence-corrected chi connectivity index (χ1v) is 10.1. The summed E-state index contributed by atoms with van der Waals surface area (Å²) in [5.41, 5.74) is 4.80. The van der Waals surface area contributed by atoms with Crippen molar-refractivity contribution < 1.29 is 0 Å². The molecule has 3 N–H and O–H groups in total. The summed E-state index contributed by atoms with van der Waals surface area (Å²) in [5, 5.41) is 11.6. The van der Waals surface area contributed by atoms with Crippen molar-refractivity contribution in [1.82, 2.24) is 25.5 Å². The van der Waals surface area contributed by atoms with E-state index in [1.54, 1.807) is 13.0 Å². The first-order valence-electron chi connectivity index (χ1n) is 9.72. The van der Waals surface area contributed by atoms with Crippen LogP contribution in [-0.2, 0) is 13.0 Å². The van der Waals surface area contributed by atoms with E-state index in [0.29, 0.717) is 23.8 Å². The highest BCUT2D eigenvalue weighted by Gasteiger charge is 2.16. The van der Waals surface area contributed by atoms with Gasteiger partial charge in [0.1, 0.15) is 5.82 Å². The van der Waals surface area contributed by atoms with E-state index < -0.39 is 0 Å². The molecule has 6 nitrogen and oxygen atoms in total. The molecule has 0 unspecified atom stereocenters. The van der Waals surface area contributed by atoms with Gasteiger partial charge in [-0.05, 0) is 30.2 Å². The van der Waals surface area contributed by atoms with Crippen LogP contribution in [0.25, 0.3) is 11.3 Å². The minimum absolute atomic E-state index is 0.0468. The molecule has 4 rings (SSSR count). The number of benzene rings is 2. The van der Waals surface area contributed by atoms with Gasteiger partial charge in [-0.2, -0.15) is 5.10 Å². The van der Waals surface area contributed by atoms with Gasteiger partial charge in [-0.1, -0.05) is 54.1 Å². The molecule has 0 radical (unpaired) electrons. The number of rotatable bonds is 7. The molecule has 7 heteroatoms. The number of halogens is 1. The van der Waals surface area contributed by atoms with Crippen molar-refractivity contribution in [3.63, 3.8) is 0 Å². The molecule has 0 saturated carbocycles. The van der Waals surface area contributed by atoms with Gasteiger partial charge in [0.25, 0.3) is 5.56 Å². The van der Waals surface area contributed by atoms with Gasteiger partial charge in [-0.3, -0.25) is 9.89 Å². The fraction of sp³-hybridized carbons (Fsp3) is 0.174. The first-order chi connectivity index (χ1) is 14.6. The summed E-state index contributed by atoms with van der Waals surface area (Å²) < 4.78 is 0. The molecule has 152 valence electrons. The summed E-state index contributed by atoms with van der Waals surface area (Å²) >= 11 is 6.07. The second kappa shape index (κ2) is 9.07. The zero-order valence-electron chi connectivity index (χ0n) is 16.5. The van der Waals surface area contributed by atoms with Crippen molar-refractivity contribution in [2.24, 2.45) is 0 Å². The molecule has 0 aliphatic heterocycles. The molecule has 0 saturated heterocycles. The smallest absolute Gasteiger partial charge is 0.251 e. The Kier molecular flexibility index (Phi) is 6.07. The summed E-state index contributed by atoms with van der Waals surface area (Å²) in [6, 6.07) is 19.3. The van der Waals surface area contributed by atoms with E-state index in [0.717, 1.165) is 28.1 Å². The Morgan fingerprint density at radius 1 is 1.10 bits per heavy atom. The predicted octanol–water partition coefficient (Wildman–Crippen LogP) is 4.20. The maximum Gasteiger partial charge on any atom is 0.251 e. The highest BCUT2D eigenvalue weighted by Crippen LogP contribution is 2.24. The number of nitrogens with zero attached hydrogens (tertiary/aromatic N) is 2. The van der Waals surface area contributed by atoms with Crippen LogP contribution in [0.1, 0.15) is 28.7 Å². The lowest BCUT2D eigenvalue weighted by atomic mass is 10.0. The van der Waals surface area contributed by atoms with E-state index in [2.05, 4.69) is 37.6 Å². The number of nitrogens with one attached hydrogen (secondary N) is 3. The molecule has 0 aliphatic rings. The predicted molar refractivity (Wildman–Crippen MR) is 118 cm³/mol. The zero-order chi connectivity index (χ0) is 20.9. The summed E-state index contributed by atoms with van der Waals surface area (Å²) in [4.78, 5) is 19.1. The molecule has 4 aromatic rings. The van der Waals surface area contributed by atoms with Gasteiger partial charge in [0.05, 0.1) is 11.9 Å². The lowest BCUT2D eigenvalue weighted by Gasteiger charge is -2.19. The maximum absolute atomic E-state index is 11.9. The standard InChI is InChI=1S/C23H22ClN5O/c1-15-27-20(12-22(30)28-15)11-21(16-7-9-19(24)10-8-16)25-13-18-14-26-29-23(18)17-5-3-2-4-6-17/h2-10,12,14,21,25H,11,13H2,1H3,(H,26,29)(H,27,28,30)/t21-/m1/s1. The molecule has 30 heavy (non-hydrogen) atoms. The fourth-order valence-electron chi connectivity index (χ4n) is 3.49. The Morgan fingerprint density at radius 2 is 1.87 bits per heavy atom. The summed E-state index contributed by atoms with van der Waals surface area (Å²) in [6.07, 6.45) is 2.41. The van der Waals surface area contributed by atoms with Crippen LogP contribution in [0.4, 0.5) is 0 Å². The normalized spacial score (nSPS) is 12.1. The maximum atomic E-state index is 11.9. The van der Waals surface area contributed by atoms with Gasteiger partial charge >= 0.3 is 0 Å². The van der Waals surface area contributed by atoms with Gasteiger partial charge < -0.3 is 10.3 Å². The van der Waals surface area contributed by atoms with Crippen molar-refractivity contribution in [3.05, 3.63) is 105 Å². The highest BCUT2D eigenvalue weighted by atomic mass is 35.5. The quantitative estimate of drug-likeness (QED) is 0.419. The fourth-order valence-corrected chi connectivity index (χ4v) is 3.62. The Morgan fingerprint density at radius 3 is 2.60 bits per heavy atom. The summed E-state index contributed by atoms with van der Waals surface area (Å²) in [5.74, 6) is 0.605. The van der Waals surface area contributed by atoms with E-state index in [1.165, 1.54) is 0 Å². The van der Waals surface area contributed by atoms with Crippen molar-refractivity contribution in [3.8, 4) is 11.3 Å². The molecule has 2 aromatic carbocycles. The van der Waals surface area contributed by atoms with Gasteiger partial charge in [-0.15, -0.1) is 0 Å². The monoisotopic (exact) mass is 419 g/mol. The molecular weight excluding hydrogens is 398 g/mol. The van der Waals surface area contributed by atoms with Crippen molar-refractivity contribution in [2.75, 3.05) is 0 Å². The third-order valence-electron chi connectivity index (χ3n) is 4.92. The van der Waals surface area contributed by atoms with Crippen LogP contribution < -0.4 is 10.9 Å². The summed E-state index contributed by atoms with van der Waals surface area (Å²) in [6.45, 7) is 2.39. The minimum Gasteiger partial charge on any atom is -0.311 e. The largest absolute Gasteiger partial charge is 0.311 e. The highest BCUT2D eigenvalue weighted by molar-refractivity contribution is 6.30. The molecule has 0 fully saturated rings. The molecule has 1 atom stereocenters. The van der Waals surface area contributed by atoms with Crippen molar-refractivity contribution in [1.29, 1.82) is 0 Å². The Labute approximate surface area is 179 Å². The van der Waals surface area contributed by atoms with Crippen LogP contribution in [-0.4, -0.2) is 20.2 Å². The van der Waals surface area contributed by atoms with Crippen LogP contribution in [0.15, 0.2) is 71.7 Å². The lowest BCUT2D eigenvalue weighted by molar-refractivity contribution is 0.524. The molecule has 0 aliphatic carbocycles. The van der Waals surface area contributed by atoms with Crippen LogP contribution in [0.2, 0.25) is 5.02 Å². The zero-order valence-corrected chi connectivity index (χ0v) is 17.3. The molecule has 0 spiro atoms. The van der Waals surface area contributed by atoms with E-state index in [1.807, 2.05) is 48.7 Å². The molecule has 0 amide bonds. The van der Waals surface area contributed by atoms with Crippen molar-refractivity contribution >= 4 is 11.6 Å². The Balaban J connectivity index is 1.59. The average Bonchev–Trinajstić information content (AvgIpc) is 3.20. The Bertz CT molecular complexity index is 1170. The van der Waals surface area contributed by atoms with Crippen LogP contribution in [0.5, 0.6) is 0 Å². The minimum atomic E-state index is -0.145. The molecule has 2 heterocycles. The number of aromatic nitrogens is 4. The topological polar surface area (TPSA) is 86.5 Å². The molecule has 2 aromatic heterocycles. The second-order valence-corrected chi connectivity index (χ2v) is 7.58. The SMILES string of the molecule is Cc1nc(C[C@@H](NCc2cn[nH]c2-c2ccccc2)c2ccc(Cl)cc2)cc(=O)[nH]1. The van der Waals surface area contributed by atoms with Gasteiger partial charge in [0.2, 0.25) is 0 Å². The number of hydrogen-bond acceptors (Lipinski definition) is 4. The third-order valence-corrected chi connectivity index (χ3v) is 5.17. The van der Waals surface area contributed by atoms with Gasteiger partial charge in [0, 0.05) is 41.4 Å². The lowest BCUT2D eigenvalue weighted by Crippen LogP contribution is -2.24. The molecular formula is C23H22ClN5O. The van der Waals surface area contributed by atoms with E-state index in [4.69, 9.17) is 11.6 Å². The second-order valence-electron chi connectivity index (χ2n) is 7.15. The number of aryl methyl sites for hydroxylation is 1. The van der Waals surface area contributed by atoms with Crippen LogP contribution >= 0.6 is 11.6 Å². The van der Waals surface area contributed by atoms with Crippen LogP contribution in [0, 0.1) is 6.92 Å². The number of aromatic amines is 2. The van der Waals surface area contributed by atoms with Crippen molar-refractivity contribution in [2.45, 2.75) is 25.9 Å². The van der Waals surface area contributed by atoms with Gasteiger partial charge in [-0.25, -0.2) is 4.98 Å². The summed E-state index contributed by atoms with van der Waals surface area (Å²) in [7, 11) is 0. The van der Waals surface area contributed by atoms with E-state index in [-0.39, 0.29) is 11.6 Å². The Hall–Kier alpha value is -3.22. The average molecular weight is 420 g/mol. The number of H-pyrrole nitrogens is 2. The first kappa shape index (κ1) is 20.1. The van der Waals surface area contributed by atoms with E-state index in [9.17, 15) is 4.79 Å². The van der Waals surface area contributed by atoms with Crippen LogP contribution in [0.3, 0.4) is 0 Å². The molecule has 0 bridgehead atoms. The van der Waals surface area contributed by atoms with E-state index >= 15 is 0 Å². The van der Waals surface area contributed by atoms with Gasteiger partial charge in [0.15, 0.2) is 0 Å². The number of hydrogen-bond donors (Lipinski definition) is 3. The third kappa shape index (κ3) is 4.84.